The average Bonchev–Trinajstić information content (AvgIpc) is 2.43. The van der Waals surface area contributed by atoms with Crippen molar-refractivity contribution in [1.82, 2.24) is 4.98 Å². The topological polar surface area (TPSA) is 51.2 Å². The monoisotopic (exact) mass is 340 g/mol. The van der Waals surface area contributed by atoms with Crippen molar-refractivity contribution in [2.24, 2.45) is 0 Å². The average molecular weight is 342 g/mol. The molecule has 1 heterocycles. The third-order valence-electron chi connectivity index (χ3n) is 2.39. The maximum absolute atomic E-state index is 12.1. The normalized spacial score (nSPS) is 10.1. The van der Waals surface area contributed by atoms with E-state index in [-0.39, 0.29) is 11.1 Å². The van der Waals surface area contributed by atoms with Gasteiger partial charge in [-0.25, -0.2) is 4.98 Å². The molecule has 2 rings (SSSR count). The van der Waals surface area contributed by atoms with Crippen LogP contribution in [0, 0.1) is 0 Å². The number of aromatic nitrogens is 1. The Morgan fingerprint density at radius 2 is 2.21 bits per heavy atom. The van der Waals surface area contributed by atoms with Crippen molar-refractivity contribution in [1.29, 1.82) is 0 Å². The lowest BCUT2D eigenvalue weighted by atomic mass is 10.2. The molecule has 0 bridgehead atoms. The van der Waals surface area contributed by atoms with Crippen molar-refractivity contribution in [3.8, 4) is 5.75 Å². The van der Waals surface area contributed by atoms with Gasteiger partial charge in [0.2, 0.25) is 0 Å². The SMILES string of the molecule is COc1cccc(C(=O)Nc2cc(Br)cnc2Cl)c1. The lowest BCUT2D eigenvalue weighted by Gasteiger charge is -2.08. The molecule has 0 aliphatic carbocycles. The zero-order valence-corrected chi connectivity index (χ0v) is 12.3. The lowest BCUT2D eigenvalue weighted by molar-refractivity contribution is 0.102. The van der Waals surface area contributed by atoms with Gasteiger partial charge in [0.05, 0.1) is 12.8 Å². The van der Waals surface area contributed by atoms with Crippen LogP contribution in [0.3, 0.4) is 0 Å². The van der Waals surface area contributed by atoms with Crippen LogP contribution in [0.5, 0.6) is 5.75 Å². The number of methoxy groups -OCH3 is 1. The second kappa shape index (κ2) is 6.04. The molecule has 4 nitrogen and oxygen atoms in total. The molecule has 0 aliphatic heterocycles. The number of anilines is 1. The molecule has 1 aromatic carbocycles. The quantitative estimate of drug-likeness (QED) is 0.865. The minimum atomic E-state index is -0.277. The van der Waals surface area contributed by atoms with Gasteiger partial charge in [0, 0.05) is 16.2 Å². The summed E-state index contributed by atoms with van der Waals surface area (Å²) in [4.78, 5) is 16.0. The van der Waals surface area contributed by atoms with Gasteiger partial charge in [0.25, 0.3) is 5.91 Å². The van der Waals surface area contributed by atoms with Crippen LogP contribution in [-0.2, 0) is 0 Å². The van der Waals surface area contributed by atoms with Crippen molar-refractivity contribution in [2.45, 2.75) is 0 Å². The minimum absolute atomic E-state index is 0.236. The molecule has 98 valence electrons. The van der Waals surface area contributed by atoms with E-state index in [1.54, 1.807) is 43.6 Å². The number of benzene rings is 1. The van der Waals surface area contributed by atoms with Crippen molar-refractivity contribution < 1.29 is 9.53 Å². The van der Waals surface area contributed by atoms with Crippen LogP contribution in [0.1, 0.15) is 10.4 Å². The molecule has 6 heteroatoms. The molecular weight excluding hydrogens is 332 g/mol. The highest BCUT2D eigenvalue weighted by Crippen LogP contribution is 2.24. The Balaban J connectivity index is 2.22. The number of nitrogens with one attached hydrogen (secondary N) is 1. The number of pyridine rings is 1. The first kappa shape index (κ1) is 13.8. The molecular formula is C13H10BrClN2O2. The van der Waals surface area contributed by atoms with Crippen molar-refractivity contribution >= 4 is 39.1 Å². The summed E-state index contributed by atoms with van der Waals surface area (Å²) in [5.74, 6) is 0.340. The maximum atomic E-state index is 12.1. The molecule has 1 N–H and O–H groups in total. The number of nitrogens with zero attached hydrogens (tertiary/aromatic N) is 1. The highest BCUT2D eigenvalue weighted by atomic mass is 79.9. The number of ether oxygens (including phenoxy) is 1. The summed E-state index contributed by atoms with van der Waals surface area (Å²) in [6, 6.07) is 8.54. The van der Waals surface area contributed by atoms with E-state index in [4.69, 9.17) is 16.3 Å². The third kappa shape index (κ3) is 3.45. The predicted molar refractivity (Wildman–Crippen MR) is 77.9 cm³/mol. The second-order valence-corrected chi connectivity index (χ2v) is 4.95. The second-order valence-electron chi connectivity index (χ2n) is 3.68. The van der Waals surface area contributed by atoms with Gasteiger partial charge in [-0.05, 0) is 40.2 Å². The first-order valence-corrected chi connectivity index (χ1v) is 6.53. The van der Waals surface area contributed by atoms with E-state index >= 15 is 0 Å². The van der Waals surface area contributed by atoms with E-state index in [1.807, 2.05) is 0 Å². The molecule has 0 unspecified atom stereocenters. The molecule has 0 saturated heterocycles. The minimum Gasteiger partial charge on any atom is -0.497 e. The summed E-state index contributed by atoms with van der Waals surface area (Å²) in [5.41, 5.74) is 0.930. The smallest absolute Gasteiger partial charge is 0.255 e. The molecule has 1 amide bonds. The molecule has 19 heavy (non-hydrogen) atoms. The van der Waals surface area contributed by atoms with Gasteiger partial charge in [-0.2, -0.15) is 0 Å². The summed E-state index contributed by atoms with van der Waals surface area (Å²) in [6.07, 6.45) is 1.56. The van der Waals surface area contributed by atoms with Crippen molar-refractivity contribution in [3.63, 3.8) is 0 Å². The van der Waals surface area contributed by atoms with Crippen LogP contribution >= 0.6 is 27.5 Å². The number of rotatable bonds is 3. The zero-order valence-electron chi connectivity index (χ0n) is 9.98. The Labute approximate surface area is 123 Å². The Morgan fingerprint density at radius 3 is 2.95 bits per heavy atom. The van der Waals surface area contributed by atoms with E-state index in [0.717, 1.165) is 4.47 Å². The predicted octanol–water partition coefficient (Wildman–Crippen LogP) is 3.76. The van der Waals surface area contributed by atoms with Crippen LogP contribution in [0.2, 0.25) is 5.15 Å². The van der Waals surface area contributed by atoms with E-state index in [0.29, 0.717) is 17.0 Å². The van der Waals surface area contributed by atoms with Gasteiger partial charge in [0.15, 0.2) is 5.15 Å². The summed E-state index contributed by atoms with van der Waals surface area (Å²) in [6.45, 7) is 0. The van der Waals surface area contributed by atoms with Crippen LogP contribution in [0.25, 0.3) is 0 Å². The fourth-order valence-corrected chi connectivity index (χ4v) is 1.95. The molecule has 0 atom stereocenters. The van der Waals surface area contributed by atoms with Crippen LogP contribution < -0.4 is 10.1 Å². The van der Waals surface area contributed by atoms with Crippen LogP contribution in [0.15, 0.2) is 41.0 Å². The van der Waals surface area contributed by atoms with Gasteiger partial charge in [-0.15, -0.1) is 0 Å². The first-order valence-electron chi connectivity index (χ1n) is 5.36. The van der Waals surface area contributed by atoms with Gasteiger partial charge in [0.1, 0.15) is 5.75 Å². The summed E-state index contributed by atoms with van der Waals surface area (Å²) >= 11 is 9.19. The van der Waals surface area contributed by atoms with E-state index in [2.05, 4.69) is 26.2 Å². The van der Waals surface area contributed by atoms with Gasteiger partial charge < -0.3 is 10.1 Å². The van der Waals surface area contributed by atoms with Gasteiger partial charge in [-0.3, -0.25) is 4.79 Å². The summed E-state index contributed by atoms with van der Waals surface area (Å²) in [5, 5.41) is 2.94. The Morgan fingerprint density at radius 1 is 1.42 bits per heavy atom. The standard InChI is InChI=1S/C13H10BrClN2O2/c1-19-10-4-2-3-8(5-10)13(18)17-11-6-9(14)7-16-12(11)15/h2-7H,1H3,(H,17,18). The van der Waals surface area contributed by atoms with Gasteiger partial charge in [-0.1, -0.05) is 17.7 Å². The molecule has 0 radical (unpaired) electrons. The fourth-order valence-electron chi connectivity index (χ4n) is 1.47. The number of hydrogen-bond acceptors (Lipinski definition) is 3. The molecule has 0 aliphatic rings. The fraction of sp³-hybridized carbons (Fsp3) is 0.0769. The van der Waals surface area contributed by atoms with Crippen LogP contribution in [0.4, 0.5) is 5.69 Å². The Hall–Kier alpha value is -1.59. The van der Waals surface area contributed by atoms with E-state index < -0.39 is 0 Å². The van der Waals surface area contributed by atoms with Crippen LogP contribution in [-0.4, -0.2) is 18.0 Å². The highest BCUT2D eigenvalue weighted by molar-refractivity contribution is 9.10. The first-order chi connectivity index (χ1) is 9.10. The van der Waals surface area contributed by atoms with Crippen molar-refractivity contribution in [3.05, 3.63) is 51.7 Å². The highest BCUT2D eigenvalue weighted by Gasteiger charge is 2.10. The Bertz CT molecular complexity index is 619. The number of amides is 1. The zero-order chi connectivity index (χ0) is 13.8. The molecule has 0 saturated carbocycles. The Kier molecular flexibility index (Phi) is 4.39. The maximum Gasteiger partial charge on any atom is 0.255 e. The summed E-state index contributed by atoms with van der Waals surface area (Å²) in [7, 11) is 1.55. The van der Waals surface area contributed by atoms with Gasteiger partial charge >= 0.3 is 0 Å². The largest absolute Gasteiger partial charge is 0.497 e. The third-order valence-corrected chi connectivity index (χ3v) is 3.12. The molecule has 0 fully saturated rings. The van der Waals surface area contributed by atoms with E-state index in [9.17, 15) is 4.79 Å². The lowest BCUT2D eigenvalue weighted by Crippen LogP contribution is -2.12. The van der Waals surface area contributed by atoms with E-state index in [1.165, 1.54) is 0 Å². The molecule has 2 aromatic rings. The molecule has 1 aromatic heterocycles. The molecule has 0 spiro atoms. The number of halogens is 2. The van der Waals surface area contributed by atoms with Crippen molar-refractivity contribution in [2.75, 3.05) is 12.4 Å². The summed E-state index contributed by atoms with van der Waals surface area (Å²) < 4.78 is 5.81. The number of carbonyl (C=O) groups excluding carboxylic acids is 1. The number of hydrogen-bond donors (Lipinski definition) is 1. The number of carbonyl (C=O) groups is 1.